The number of aromatic nitrogens is 1. The van der Waals surface area contributed by atoms with Crippen LogP contribution in [0.4, 0.5) is 10.1 Å². The van der Waals surface area contributed by atoms with Gasteiger partial charge in [-0.1, -0.05) is 0 Å². The topological polar surface area (TPSA) is 75.0 Å². The van der Waals surface area contributed by atoms with Gasteiger partial charge in [-0.05, 0) is 20.0 Å². The maximum Gasteiger partial charge on any atom is 0.341 e. The molecule has 0 unspecified atom stereocenters. The van der Waals surface area contributed by atoms with Gasteiger partial charge in [0.05, 0.1) is 18.0 Å². The van der Waals surface area contributed by atoms with Gasteiger partial charge in [-0.3, -0.25) is 4.79 Å². The van der Waals surface area contributed by atoms with Crippen LogP contribution in [0.1, 0.15) is 17.3 Å². The highest BCUT2D eigenvalue weighted by atomic mass is 19.1. The van der Waals surface area contributed by atoms with Gasteiger partial charge in [-0.25, -0.2) is 9.18 Å². The van der Waals surface area contributed by atoms with Gasteiger partial charge in [-0.15, -0.1) is 0 Å². The number of halogens is 1. The molecule has 1 N–H and O–H groups in total. The Hall–Kier alpha value is -2.61. The number of fused-ring (bicyclic) bond motifs is 1. The second-order valence-electron chi connectivity index (χ2n) is 6.39. The van der Waals surface area contributed by atoms with Crippen molar-refractivity contribution in [3.63, 3.8) is 0 Å². The molecular formula is C18H22FN3O4. The van der Waals surface area contributed by atoms with Gasteiger partial charge in [0.2, 0.25) is 5.43 Å². The highest BCUT2D eigenvalue weighted by molar-refractivity contribution is 5.97. The summed E-state index contributed by atoms with van der Waals surface area (Å²) in [5, 5.41) is 9.29. The van der Waals surface area contributed by atoms with Crippen molar-refractivity contribution >= 4 is 22.6 Å². The third kappa shape index (κ3) is 2.90. The highest BCUT2D eigenvalue weighted by Gasteiger charge is 2.26. The third-order valence-electron chi connectivity index (χ3n) is 4.84. The second kappa shape index (κ2) is 6.95. The van der Waals surface area contributed by atoms with Crippen molar-refractivity contribution in [3.05, 3.63) is 33.9 Å². The zero-order valence-corrected chi connectivity index (χ0v) is 15.1. The minimum Gasteiger partial charge on any atom is -0.492 e. The summed E-state index contributed by atoms with van der Waals surface area (Å²) in [5.74, 6) is -1.65. The lowest BCUT2D eigenvalue weighted by atomic mass is 10.1. The number of carbonyl (C=O) groups is 1. The number of pyridine rings is 1. The van der Waals surface area contributed by atoms with Crippen molar-refractivity contribution in [2.24, 2.45) is 0 Å². The van der Waals surface area contributed by atoms with Crippen LogP contribution in [0.25, 0.3) is 10.9 Å². The Morgan fingerprint density at radius 3 is 2.50 bits per heavy atom. The number of aryl methyl sites for hydroxylation is 1. The lowest BCUT2D eigenvalue weighted by molar-refractivity contribution is 0.0695. The summed E-state index contributed by atoms with van der Waals surface area (Å²) in [6.45, 7) is 5.10. The van der Waals surface area contributed by atoms with Crippen LogP contribution < -0.4 is 15.1 Å². The van der Waals surface area contributed by atoms with Gasteiger partial charge < -0.3 is 24.2 Å². The lowest BCUT2D eigenvalue weighted by Gasteiger charge is -2.35. The van der Waals surface area contributed by atoms with E-state index in [4.69, 9.17) is 4.74 Å². The molecule has 0 saturated carbocycles. The van der Waals surface area contributed by atoms with Crippen LogP contribution in [-0.4, -0.2) is 60.9 Å². The molecule has 0 radical (unpaired) electrons. The summed E-state index contributed by atoms with van der Waals surface area (Å²) in [5.41, 5.74) is -0.356. The van der Waals surface area contributed by atoms with Gasteiger partial charge in [0.25, 0.3) is 0 Å². The van der Waals surface area contributed by atoms with Gasteiger partial charge >= 0.3 is 5.97 Å². The number of piperazine rings is 1. The molecule has 1 aliphatic rings. The van der Waals surface area contributed by atoms with Crippen molar-refractivity contribution < 1.29 is 19.0 Å². The molecule has 2 heterocycles. The van der Waals surface area contributed by atoms with Crippen molar-refractivity contribution in [3.8, 4) is 5.75 Å². The number of carboxylic acids is 1. The number of anilines is 1. The van der Waals surface area contributed by atoms with Gasteiger partial charge in [0.1, 0.15) is 11.3 Å². The number of rotatable bonds is 4. The van der Waals surface area contributed by atoms with E-state index in [9.17, 15) is 19.1 Å². The van der Waals surface area contributed by atoms with Crippen LogP contribution in [0.2, 0.25) is 0 Å². The molecule has 1 fully saturated rings. The average Bonchev–Trinajstić information content (AvgIpc) is 2.62. The number of benzene rings is 1. The Morgan fingerprint density at radius 2 is 1.96 bits per heavy atom. The Balaban J connectivity index is 2.32. The minimum atomic E-state index is -1.33. The van der Waals surface area contributed by atoms with E-state index in [1.807, 2.05) is 18.9 Å². The molecule has 8 heteroatoms. The monoisotopic (exact) mass is 363 g/mol. The molecule has 7 nitrogen and oxygen atoms in total. The quantitative estimate of drug-likeness (QED) is 0.890. The van der Waals surface area contributed by atoms with E-state index in [0.717, 1.165) is 19.2 Å². The first-order valence-electron chi connectivity index (χ1n) is 8.49. The summed E-state index contributed by atoms with van der Waals surface area (Å²) in [7, 11) is 3.44. The first-order valence-corrected chi connectivity index (χ1v) is 8.49. The average molecular weight is 363 g/mol. The van der Waals surface area contributed by atoms with E-state index < -0.39 is 17.2 Å². The third-order valence-corrected chi connectivity index (χ3v) is 4.84. The number of nitrogens with zero attached hydrogens (tertiary/aromatic N) is 3. The fraction of sp³-hybridized carbons (Fsp3) is 0.444. The Kier molecular flexibility index (Phi) is 4.86. The maximum atomic E-state index is 15.0. The number of hydrogen-bond acceptors (Lipinski definition) is 5. The molecule has 0 spiro atoms. The van der Waals surface area contributed by atoms with Crippen LogP contribution in [0.3, 0.4) is 0 Å². The number of methoxy groups -OCH3 is 1. The predicted molar refractivity (Wildman–Crippen MR) is 97.1 cm³/mol. The normalized spacial score (nSPS) is 15.5. The SMILES string of the molecule is CCn1cc(C(=O)O)c(=O)c2cc(F)c(N3CCN(C)CC3)c(OC)c21. The van der Waals surface area contributed by atoms with Crippen LogP contribution in [0.5, 0.6) is 5.75 Å². The number of hydrogen-bond donors (Lipinski definition) is 1. The summed E-state index contributed by atoms with van der Waals surface area (Å²) >= 11 is 0. The van der Waals surface area contributed by atoms with E-state index >= 15 is 0 Å². The molecular weight excluding hydrogens is 341 g/mol. The molecule has 26 heavy (non-hydrogen) atoms. The first kappa shape index (κ1) is 18.2. The molecule has 1 aliphatic heterocycles. The maximum absolute atomic E-state index is 15.0. The van der Waals surface area contributed by atoms with Crippen LogP contribution in [0.15, 0.2) is 17.1 Å². The zero-order chi connectivity index (χ0) is 19.0. The largest absolute Gasteiger partial charge is 0.492 e. The lowest BCUT2D eigenvalue weighted by Crippen LogP contribution is -2.45. The molecule has 140 valence electrons. The van der Waals surface area contributed by atoms with Crippen molar-refractivity contribution in [1.29, 1.82) is 0 Å². The zero-order valence-electron chi connectivity index (χ0n) is 15.1. The summed E-state index contributed by atoms with van der Waals surface area (Å²) in [6, 6.07) is 1.13. The van der Waals surface area contributed by atoms with Crippen molar-refractivity contribution in [2.45, 2.75) is 13.5 Å². The molecule has 1 saturated heterocycles. The number of ether oxygens (including phenoxy) is 1. The molecule has 2 aromatic rings. The Morgan fingerprint density at radius 1 is 1.31 bits per heavy atom. The number of aromatic carboxylic acids is 1. The first-order chi connectivity index (χ1) is 12.4. The molecule has 0 aliphatic carbocycles. The van der Waals surface area contributed by atoms with Crippen LogP contribution >= 0.6 is 0 Å². The summed E-state index contributed by atoms with van der Waals surface area (Å²) in [4.78, 5) is 28.0. The van der Waals surface area contributed by atoms with Crippen LogP contribution in [0, 0.1) is 5.82 Å². The Bertz CT molecular complexity index is 917. The fourth-order valence-electron chi connectivity index (χ4n) is 3.41. The van der Waals surface area contributed by atoms with Gasteiger partial charge in [0, 0.05) is 38.9 Å². The fourth-order valence-corrected chi connectivity index (χ4v) is 3.41. The smallest absolute Gasteiger partial charge is 0.341 e. The van der Waals surface area contributed by atoms with Gasteiger partial charge in [0.15, 0.2) is 11.6 Å². The molecule has 1 aromatic heterocycles. The van der Waals surface area contributed by atoms with Crippen molar-refractivity contribution in [1.82, 2.24) is 9.47 Å². The van der Waals surface area contributed by atoms with Crippen molar-refractivity contribution in [2.75, 3.05) is 45.2 Å². The number of carboxylic acid groups (broad SMARTS) is 1. The van der Waals surface area contributed by atoms with Gasteiger partial charge in [-0.2, -0.15) is 0 Å². The van der Waals surface area contributed by atoms with E-state index in [0.29, 0.717) is 30.8 Å². The highest BCUT2D eigenvalue weighted by Crippen LogP contribution is 2.38. The van der Waals surface area contributed by atoms with E-state index in [-0.39, 0.29) is 16.7 Å². The van der Waals surface area contributed by atoms with Crippen LogP contribution in [-0.2, 0) is 6.54 Å². The summed E-state index contributed by atoms with van der Waals surface area (Å²) < 4.78 is 22.1. The van der Waals surface area contributed by atoms with E-state index in [1.54, 1.807) is 4.57 Å². The second-order valence-corrected chi connectivity index (χ2v) is 6.39. The standard InChI is InChI=1S/C18H22FN3O4/c1-4-21-10-12(18(24)25)16(23)11-9-13(19)15(17(26-3)14(11)21)22-7-5-20(2)6-8-22/h9-10H,4-8H2,1-3H3,(H,24,25). The molecule has 0 amide bonds. The number of likely N-dealkylation sites (N-methyl/N-ethyl adjacent to an activating group) is 1. The predicted octanol–water partition coefficient (Wildman–Crippen LogP) is 1.62. The molecule has 0 atom stereocenters. The van der Waals surface area contributed by atoms with E-state index in [2.05, 4.69) is 4.90 Å². The molecule has 1 aromatic carbocycles. The Labute approximate surface area is 150 Å². The molecule has 3 rings (SSSR count). The molecule has 0 bridgehead atoms. The summed E-state index contributed by atoms with van der Waals surface area (Å²) in [6.07, 6.45) is 1.29. The van der Waals surface area contributed by atoms with E-state index in [1.165, 1.54) is 13.3 Å². The minimum absolute atomic E-state index is 0.0129.